The number of halogens is 5. The molecule has 0 aromatic heterocycles. The molecule has 6 nitrogen and oxygen atoms in total. The van der Waals surface area contributed by atoms with Crippen LogP contribution in [0.1, 0.15) is 11.1 Å². The number of guanidine groups is 1. The lowest BCUT2D eigenvalue weighted by molar-refractivity contribution is -0.123. The van der Waals surface area contributed by atoms with Crippen LogP contribution in [0.15, 0.2) is 59.6 Å². The van der Waals surface area contributed by atoms with Crippen molar-refractivity contribution in [3.8, 4) is 0 Å². The van der Waals surface area contributed by atoms with Crippen molar-refractivity contribution < 1.29 is 9.59 Å². The minimum Gasteiger partial charge on any atom is -0.352 e. The van der Waals surface area contributed by atoms with Crippen LogP contribution in [0.25, 0.3) is 0 Å². The molecule has 182 valence electrons. The lowest BCUT2D eigenvalue weighted by atomic mass is 9.72. The summed E-state index contributed by atoms with van der Waals surface area (Å²) in [6, 6.07) is 14.6. The van der Waals surface area contributed by atoms with E-state index in [0.29, 0.717) is 48.7 Å². The summed E-state index contributed by atoms with van der Waals surface area (Å²) in [6.45, 7) is 0. The zero-order chi connectivity index (χ0) is 25.4. The number of aliphatic imine (C=N–C) groups is 1. The highest BCUT2D eigenvalue weighted by atomic mass is 35.5. The molecule has 3 aromatic carbocycles. The highest BCUT2D eigenvalue weighted by Gasteiger charge is 2.67. The summed E-state index contributed by atoms with van der Waals surface area (Å²) in [5, 5.41) is 8.25. The number of fused-ring (bicyclic) bond motifs is 1. The SMILES string of the molecule is O=C1C2C(Cc3cccc(Cl)c3)NC3=NC2(C(=O)N1c1cc(Cl)cc(Cl)c1)c1cc(Cl)cc(Cl)c1N3. The largest absolute Gasteiger partial charge is 0.352 e. The average Bonchev–Trinajstić information content (AvgIpc) is 3.01. The Labute approximate surface area is 231 Å². The van der Waals surface area contributed by atoms with Crippen LogP contribution in [0.2, 0.25) is 25.1 Å². The van der Waals surface area contributed by atoms with Crippen molar-refractivity contribution >= 4 is 87.2 Å². The lowest BCUT2D eigenvalue weighted by Gasteiger charge is -2.43. The van der Waals surface area contributed by atoms with Gasteiger partial charge in [-0.25, -0.2) is 9.89 Å². The molecule has 3 aliphatic heterocycles. The molecule has 2 N–H and O–H groups in total. The van der Waals surface area contributed by atoms with Crippen LogP contribution in [0.3, 0.4) is 0 Å². The molecule has 36 heavy (non-hydrogen) atoms. The van der Waals surface area contributed by atoms with Gasteiger partial charge in [-0.05, 0) is 54.4 Å². The molecular weight excluding hydrogens is 566 g/mol. The van der Waals surface area contributed by atoms with Crippen molar-refractivity contribution in [2.75, 3.05) is 10.2 Å². The first-order valence-corrected chi connectivity index (χ1v) is 12.8. The van der Waals surface area contributed by atoms with Crippen LogP contribution in [-0.4, -0.2) is 23.8 Å². The Morgan fingerprint density at radius 1 is 0.889 bits per heavy atom. The fraction of sp³-hybridized carbons (Fsp3) is 0.160. The maximum Gasteiger partial charge on any atom is 0.267 e. The Balaban J connectivity index is 1.57. The summed E-state index contributed by atoms with van der Waals surface area (Å²) in [4.78, 5) is 34.2. The number of hydrogen-bond donors (Lipinski definition) is 2. The number of hydrogen-bond acceptors (Lipinski definition) is 5. The van der Waals surface area contributed by atoms with Crippen molar-refractivity contribution in [1.82, 2.24) is 5.32 Å². The minimum atomic E-state index is -1.59. The summed E-state index contributed by atoms with van der Waals surface area (Å²) < 4.78 is 0. The van der Waals surface area contributed by atoms with E-state index in [1.165, 1.54) is 18.2 Å². The first-order chi connectivity index (χ1) is 17.2. The van der Waals surface area contributed by atoms with Gasteiger partial charge in [0.1, 0.15) is 0 Å². The zero-order valence-electron chi connectivity index (χ0n) is 18.2. The van der Waals surface area contributed by atoms with Gasteiger partial charge in [0.25, 0.3) is 5.91 Å². The van der Waals surface area contributed by atoms with Gasteiger partial charge in [-0.2, -0.15) is 0 Å². The number of rotatable bonds is 3. The van der Waals surface area contributed by atoms with Crippen LogP contribution in [0.5, 0.6) is 0 Å². The molecule has 1 spiro atoms. The van der Waals surface area contributed by atoms with Gasteiger partial charge >= 0.3 is 0 Å². The first-order valence-electron chi connectivity index (χ1n) is 10.9. The summed E-state index contributed by atoms with van der Waals surface area (Å²) in [6.07, 6.45) is 0.403. The number of nitrogens with zero attached hydrogens (tertiary/aromatic N) is 2. The van der Waals surface area contributed by atoms with Crippen molar-refractivity contribution in [1.29, 1.82) is 0 Å². The van der Waals surface area contributed by atoms with Gasteiger partial charge in [-0.1, -0.05) is 70.1 Å². The Morgan fingerprint density at radius 2 is 1.61 bits per heavy atom. The molecule has 6 rings (SSSR count). The Kier molecular flexibility index (Phi) is 5.67. The second-order valence-electron chi connectivity index (χ2n) is 8.83. The second-order valence-corrected chi connectivity index (χ2v) is 11.0. The molecule has 11 heteroatoms. The fourth-order valence-corrected chi connectivity index (χ4v) is 6.56. The number of imide groups is 1. The van der Waals surface area contributed by atoms with Gasteiger partial charge in [0, 0.05) is 31.7 Å². The molecule has 2 bridgehead atoms. The fourth-order valence-electron chi connectivity index (χ4n) is 5.30. The Hall–Kier alpha value is -2.48. The lowest BCUT2D eigenvalue weighted by Crippen LogP contribution is -2.60. The van der Waals surface area contributed by atoms with Crippen LogP contribution in [0, 0.1) is 5.92 Å². The van der Waals surface area contributed by atoms with Crippen molar-refractivity contribution in [3.63, 3.8) is 0 Å². The van der Waals surface area contributed by atoms with Gasteiger partial charge in [-0.15, -0.1) is 0 Å². The molecule has 0 aliphatic carbocycles. The third-order valence-electron chi connectivity index (χ3n) is 6.64. The number of nitrogens with one attached hydrogen (secondary N) is 2. The van der Waals surface area contributed by atoms with E-state index in [2.05, 4.69) is 10.6 Å². The quantitative estimate of drug-likeness (QED) is 0.355. The van der Waals surface area contributed by atoms with E-state index < -0.39 is 29.3 Å². The maximum atomic E-state index is 14.3. The zero-order valence-corrected chi connectivity index (χ0v) is 21.9. The topological polar surface area (TPSA) is 73.8 Å². The Bertz CT molecular complexity index is 1490. The molecule has 3 aliphatic rings. The van der Waals surface area contributed by atoms with E-state index >= 15 is 0 Å². The molecule has 0 saturated carbocycles. The summed E-state index contributed by atoms with van der Waals surface area (Å²) >= 11 is 31.6. The molecule has 3 heterocycles. The van der Waals surface area contributed by atoms with E-state index in [-0.39, 0.29) is 5.69 Å². The highest BCUT2D eigenvalue weighted by Crippen LogP contribution is 2.53. The highest BCUT2D eigenvalue weighted by molar-refractivity contribution is 6.39. The van der Waals surface area contributed by atoms with Gasteiger partial charge in [0.05, 0.1) is 22.3 Å². The molecule has 0 radical (unpaired) electrons. The van der Waals surface area contributed by atoms with Crippen LogP contribution < -0.4 is 15.5 Å². The predicted octanol–water partition coefficient (Wildman–Crippen LogP) is 6.33. The van der Waals surface area contributed by atoms with Crippen molar-refractivity contribution in [2.45, 2.75) is 18.0 Å². The van der Waals surface area contributed by atoms with E-state index in [1.807, 2.05) is 18.2 Å². The average molecular weight is 581 g/mol. The number of amides is 2. The number of anilines is 2. The van der Waals surface area contributed by atoms with Crippen molar-refractivity contribution in [3.05, 3.63) is 90.8 Å². The van der Waals surface area contributed by atoms with Gasteiger partial charge in [0.15, 0.2) is 11.5 Å². The van der Waals surface area contributed by atoms with E-state index in [0.717, 1.165) is 10.5 Å². The molecule has 3 atom stereocenters. The van der Waals surface area contributed by atoms with Crippen LogP contribution in [-0.2, 0) is 21.5 Å². The molecule has 1 saturated heterocycles. The summed E-state index contributed by atoms with van der Waals surface area (Å²) in [5.41, 5.74) is 0.463. The first kappa shape index (κ1) is 23.9. The maximum absolute atomic E-state index is 14.3. The second kappa shape index (κ2) is 8.54. The van der Waals surface area contributed by atoms with Crippen LogP contribution >= 0.6 is 58.0 Å². The van der Waals surface area contributed by atoms with Gasteiger partial charge in [-0.3, -0.25) is 9.59 Å². The standard InChI is InChI=1S/C25H15Cl5N4O2/c26-12-3-1-2-11(4-12)5-19-20-22(35)34(16-7-13(27)6-14(28)8-16)23(36)25(20)17-9-15(29)10-18(30)21(17)32-24(31-19)33-25/h1-4,6-10,19-20H,5H2,(H2,31,32,33). The van der Waals surface area contributed by atoms with Crippen LogP contribution in [0.4, 0.5) is 11.4 Å². The number of carbonyl (C=O) groups is 2. The summed E-state index contributed by atoms with van der Waals surface area (Å²) in [7, 11) is 0. The van der Waals surface area contributed by atoms with Gasteiger partial charge < -0.3 is 10.6 Å². The van der Waals surface area contributed by atoms with Gasteiger partial charge in [0.2, 0.25) is 5.91 Å². The van der Waals surface area contributed by atoms with Crippen molar-refractivity contribution in [2.24, 2.45) is 10.9 Å². The van der Waals surface area contributed by atoms with E-state index in [4.69, 9.17) is 63.0 Å². The number of benzene rings is 3. The molecular formula is C25H15Cl5N4O2. The Morgan fingerprint density at radius 3 is 2.33 bits per heavy atom. The van der Waals surface area contributed by atoms with E-state index in [1.54, 1.807) is 18.2 Å². The monoisotopic (exact) mass is 578 g/mol. The summed E-state index contributed by atoms with van der Waals surface area (Å²) in [5.74, 6) is -1.56. The normalized spacial score (nSPS) is 24.0. The predicted molar refractivity (Wildman–Crippen MR) is 144 cm³/mol. The third-order valence-corrected chi connectivity index (χ3v) is 7.83. The molecule has 2 amide bonds. The minimum absolute atomic E-state index is 0.262. The molecule has 3 unspecified atom stereocenters. The third kappa shape index (κ3) is 3.58. The van der Waals surface area contributed by atoms with E-state index in [9.17, 15) is 9.59 Å². The smallest absolute Gasteiger partial charge is 0.267 e. The number of carbonyl (C=O) groups excluding carboxylic acids is 2. The molecule has 1 fully saturated rings. The molecule has 3 aromatic rings.